The normalized spacial score (nSPS) is 10.9. The van der Waals surface area contributed by atoms with Crippen molar-refractivity contribution in [1.29, 1.82) is 0 Å². The standard InChI is InChI=1S/C12H10F2N2O2/c1-6-4-9(16-10(6)12(17)18)8-3-2-7(5-15-8)11(13)14/h2-5,11,16H,1H3,(H,17,18). The van der Waals surface area contributed by atoms with Gasteiger partial charge in [-0.1, -0.05) is 0 Å². The highest BCUT2D eigenvalue weighted by molar-refractivity contribution is 5.88. The van der Waals surface area contributed by atoms with Crippen LogP contribution in [0.2, 0.25) is 0 Å². The maximum atomic E-state index is 12.3. The van der Waals surface area contributed by atoms with Crippen LogP contribution in [0, 0.1) is 6.92 Å². The molecule has 2 rings (SSSR count). The molecule has 6 heteroatoms. The number of aromatic nitrogens is 2. The number of aryl methyl sites for hydroxylation is 1. The van der Waals surface area contributed by atoms with Gasteiger partial charge in [0.1, 0.15) is 5.69 Å². The number of nitrogens with zero attached hydrogens (tertiary/aromatic N) is 1. The highest BCUT2D eigenvalue weighted by Gasteiger charge is 2.13. The van der Waals surface area contributed by atoms with Crippen LogP contribution in [-0.4, -0.2) is 21.0 Å². The van der Waals surface area contributed by atoms with E-state index in [1.54, 1.807) is 13.0 Å². The van der Waals surface area contributed by atoms with Gasteiger partial charge in [-0.15, -0.1) is 0 Å². The summed E-state index contributed by atoms with van der Waals surface area (Å²) in [7, 11) is 0. The summed E-state index contributed by atoms with van der Waals surface area (Å²) in [6, 6.07) is 4.32. The van der Waals surface area contributed by atoms with Crippen molar-refractivity contribution in [3.05, 3.63) is 41.2 Å². The second-order valence-corrected chi connectivity index (χ2v) is 3.82. The predicted octanol–water partition coefficient (Wildman–Crippen LogP) is 3.02. The fourth-order valence-corrected chi connectivity index (χ4v) is 1.61. The Balaban J connectivity index is 2.37. The number of H-pyrrole nitrogens is 1. The number of nitrogens with one attached hydrogen (secondary N) is 1. The summed E-state index contributed by atoms with van der Waals surface area (Å²) in [4.78, 5) is 17.4. The second kappa shape index (κ2) is 4.56. The van der Waals surface area contributed by atoms with Gasteiger partial charge in [0.2, 0.25) is 0 Å². The molecular formula is C12H10F2N2O2. The van der Waals surface area contributed by atoms with Gasteiger partial charge in [0.25, 0.3) is 6.43 Å². The number of carboxylic acid groups (broad SMARTS) is 1. The van der Waals surface area contributed by atoms with E-state index in [9.17, 15) is 13.6 Å². The molecule has 0 fully saturated rings. The van der Waals surface area contributed by atoms with Crippen LogP contribution < -0.4 is 0 Å². The molecule has 0 radical (unpaired) electrons. The van der Waals surface area contributed by atoms with E-state index in [0.717, 1.165) is 6.20 Å². The van der Waals surface area contributed by atoms with Crippen LogP contribution in [0.3, 0.4) is 0 Å². The Bertz CT molecular complexity index is 576. The summed E-state index contributed by atoms with van der Waals surface area (Å²) >= 11 is 0. The monoisotopic (exact) mass is 252 g/mol. The maximum absolute atomic E-state index is 12.3. The fourth-order valence-electron chi connectivity index (χ4n) is 1.61. The van der Waals surface area contributed by atoms with Gasteiger partial charge in [0.05, 0.1) is 11.4 Å². The molecule has 2 N–H and O–H groups in total. The number of hydrogen-bond acceptors (Lipinski definition) is 2. The number of carbonyl (C=O) groups is 1. The Labute approximate surface area is 101 Å². The SMILES string of the molecule is Cc1cc(-c2ccc(C(F)F)cn2)[nH]c1C(=O)O. The van der Waals surface area contributed by atoms with E-state index in [-0.39, 0.29) is 11.3 Å². The molecule has 4 nitrogen and oxygen atoms in total. The Morgan fingerprint density at radius 3 is 2.61 bits per heavy atom. The number of alkyl halides is 2. The van der Waals surface area contributed by atoms with E-state index in [1.165, 1.54) is 12.1 Å². The lowest BCUT2D eigenvalue weighted by molar-refractivity contribution is 0.0690. The first-order chi connectivity index (χ1) is 8.49. The summed E-state index contributed by atoms with van der Waals surface area (Å²) in [6.07, 6.45) is -1.48. The molecule has 0 amide bonds. The van der Waals surface area contributed by atoms with Gasteiger partial charge in [-0.25, -0.2) is 13.6 Å². The molecule has 0 aromatic carbocycles. The summed E-state index contributed by atoms with van der Waals surface area (Å²) < 4.78 is 24.7. The number of rotatable bonds is 3. The molecule has 2 heterocycles. The van der Waals surface area contributed by atoms with E-state index < -0.39 is 12.4 Å². The van der Waals surface area contributed by atoms with Crippen molar-refractivity contribution in [2.24, 2.45) is 0 Å². The molecular weight excluding hydrogens is 242 g/mol. The van der Waals surface area contributed by atoms with Crippen molar-refractivity contribution in [3.8, 4) is 11.4 Å². The predicted molar refractivity (Wildman–Crippen MR) is 60.7 cm³/mol. The summed E-state index contributed by atoms with van der Waals surface area (Å²) in [5, 5.41) is 8.89. The van der Waals surface area contributed by atoms with Crippen LogP contribution in [0.4, 0.5) is 8.78 Å². The molecule has 0 atom stereocenters. The van der Waals surface area contributed by atoms with Crippen molar-refractivity contribution < 1.29 is 18.7 Å². The molecule has 94 valence electrons. The van der Waals surface area contributed by atoms with Crippen molar-refractivity contribution in [3.63, 3.8) is 0 Å². The van der Waals surface area contributed by atoms with Crippen LogP contribution in [-0.2, 0) is 0 Å². The lowest BCUT2D eigenvalue weighted by Crippen LogP contribution is -1.98. The lowest BCUT2D eigenvalue weighted by atomic mass is 10.2. The Kier molecular flexibility index (Phi) is 3.10. The lowest BCUT2D eigenvalue weighted by Gasteiger charge is -2.00. The average Bonchev–Trinajstić information content (AvgIpc) is 2.71. The Hall–Kier alpha value is -2.24. The van der Waals surface area contributed by atoms with Crippen molar-refractivity contribution in [2.75, 3.05) is 0 Å². The van der Waals surface area contributed by atoms with Crippen molar-refractivity contribution >= 4 is 5.97 Å². The molecule has 0 aliphatic rings. The van der Waals surface area contributed by atoms with E-state index in [1.807, 2.05) is 0 Å². The fraction of sp³-hybridized carbons (Fsp3) is 0.167. The minimum Gasteiger partial charge on any atom is -0.477 e. The third kappa shape index (κ3) is 2.22. The quantitative estimate of drug-likeness (QED) is 0.882. The average molecular weight is 252 g/mol. The zero-order valence-corrected chi connectivity index (χ0v) is 9.45. The molecule has 0 spiro atoms. The number of pyridine rings is 1. The van der Waals surface area contributed by atoms with E-state index in [0.29, 0.717) is 17.0 Å². The third-order valence-corrected chi connectivity index (χ3v) is 2.54. The molecule has 0 bridgehead atoms. The zero-order chi connectivity index (χ0) is 13.3. The molecule has 0 saturated heterocycles. The highest BCUT2D eigenvalue weighted by atomic mass is 19.3. The van der Waals surface area contributed by atoms with Gasteiger partial charge in [0.15, 0.2) is 0 Å². The Morgan fingerprint density at radius 1 is 1.44 bits per heavy atom. The van der Waals surface area contributed by atoms with Crippen LogP contribution in [0.25, 0.3) is 11.4 Å². The van der Waals surface area contributed by atoms with Gasteiger partial charge in [-0.3, -0.25) is 4.98 Å². The van der Waals surface area contributed by atoms with Crippen LogP contribution in [0.5, 0.6) is 0 Å². The van der Waals surface area contributed by atoms with Gasteiger partial charge in [0, 0.05) is 11.8 Å². The smallest absolute Gasteiger partial charge is 0.352 e. The van der Waals surface area contributed by atoms with Crippen molar-refractivity contribution in [1.82, 2.24) is 9.97 Å². The van der Waals surface area contributed by atoms with Crippen LogP contribution >= 0.6 is 0 Å². The Morgan fingerprint density at radius 2 is 2.17 bits per heavy atom. The number of hydrogen-bond donors (Lipinski definition) is 2. The van der Waals surface area contributed by atoms with E-state index in [4.69, 9.17) is 5.11 Å². The first-order valence-corrected chi connectivity index (χ1v) is 5.16. The van der Waals surface area contributed by atoms with Gasteiger partial charge in [-0.05, 0) is 30.7 Å². The molecule has 0 aliphatic heterocycles. The number of aromatic carboxylic acids is 1. The molecule has 2 aromatic rings. The van der Waals surface area contributed by atoms with Gasteiger partial charge in [-0.2, -0.15) is 0 Å². The number of aromatic amines is 1. The molecule has 0 unspecified atom stereocenters. The summed E-state index contributed by atoms with van der Waals surface area (Å²) in [6.45, 7) is 1.65. The summed E-state index contributed by atoms with van der Waals surface area (Å²) in [5.41, 5.74) is 1.39. The van der Waals surface area contributed by atoms with Gasteiger partial charge < -0.3 is 10.1 Å². The first kappa shape index (κ1) is 12.2. The minimum atomic E-state index is -2.56. The zero-order valence-electron chi connectivity index (χ0n) is 9.45. The molecule has 0 aliphatic carbocycles. The van der Waals surface area contributed by atoms with E-state index >= 15 is 0 Å². The highest BCUT2D eigenvalue weighted by Crippen LogP contribution is 2.23. The number of halogens is 2. The largest absolute Gasteiger partial charge is 0.477 e. The molecule has 0 saturated carbocycles. The van der Waals surface area contributed by atoms with Crippen LogP contribution in [0.15, 0.2) is 24.4 Å². The first-order valence-electron chi connectivity index (χ1n) is 5.16. The second-order valence-electron chi connectivity index (χ2n) is 3.82. The summed E-state index contributed by atoms with van der Waals surface area (Å²) in [5.74, 6) is -1.07. The van der Waals surface area contributed by atoms with Gasteiger partial charge >= 0.3 is 5.97 Å². The number of carboxylic acids is 1. The molecule has 2 aromatic heterocycles. The third-order valence-electron chi connectivity index (χ3n) is 2.54. The molecule has 18 heavy (non-hydrogen) atoms. The minimum absolute atomic E-state index is 0.0738. The van der Waals surface area contributed by atoms with Crippen LogP contribution in [0.1, 0.15) is 28.0 Å². The topological polar surface area (TPSA) is 66.0 Å². The maximum Gasteiger partial charge on any atom is 0.352 e. The van der Waals surface area contributed by atoms with E-state index in [2.05, 4.69) is 9.97 Å². The van der Waals surface area contributed by atoms with Crippen molar-refractivity contribution in [2.45, 2.75) is 13.3 Å².